The lowest BCUT2D eigenvalue weighted by atomic mass is 10.1. The summed E-state index contributed by atoms with van der Waals surface area (Å²) in [5.41, 5.74) is 2.45. The van der Waals surface area contributed by atoms with Gasteiger partial charge in [0.2, 0.25) is 15.9 Å². The largest absolute Gasteiger partial charge is 0.340 e. The summed E-state index contributed by atoms with van der Waals surface area (Å²) in [4.78, 5) is 16.0. The van der Waals surface area contributed by atoms with Crippen LogP contribution in [0.15, 0.2) is 47.4 Å². The van der Waals surface area contributed by atoms with Gasteiger partial charge in [0.15, 0.2) is 11.6 Å². The number of nitrogens with one attached hydrogen (secondary N) is 1. The molecule has 1 aliphatic heterocycles. The number of aryl methyl sites for hydroxylation is 1. The summed E-state index contributed by atoms with van der Waals surface area (Å²) in [5.74, 6) is -2.50. The molecule has 0 unspecified atom stereocenters. The van der Waals surface area contributed by atoms with Crippen LogP contribution >= 0.6 is 0 Å². The van der Waals surface area contributed by atoms with Gasteiger partial charge in [-0.15, -0.1) is 0 Å². The third-order valence-corrected chi connectivity index (χ3v) is 6.50. The van der Waals surface area contributed by atoms with Crippen LogP contribution in [0.25, 0.3) is 0 Å². The van der Waals surface area contributed by atoms with Crippen molar-refractivity contribution in [3.63, 3.8) is 0 Å². The Balaban J connectivity index is 1.44. The van der Waals surface area contributed by atoms with Crippen LogP contribution in [0, 0.1) is 18.6 Å². The van der Waals surface area contributed by atoms with Crippen LogP contribution < -0.4 is 4.72 Å². The van der Waals surface area contributed by atoms with Gasteiger partial charge in [-0.3, -0.25) is 9.69 Å². The first-order valence-electron chi connectivity index (χ1n) is 9.75. The lowest BCUT2D eigenvalue weighted by Crippen LogP contribution is -2.48. The predicted molar refractivity (Wildman–Crippen MR) is 109 cm³/mol. The Bertz CT molecular complexity index is 1010. The van der Waals surface area contributed by atoms with E-state index in [0.717, 1.165) is 31.8 Å². The summed E-state index contributed by atoms with van der Waals surface area (Å²) in [6, 6.07) is 10.7. The molecule has 2 aromatic rings. The fraction of sp³-hybridized carbons (Fsp3) is 0.381. The molecular weight excluding hydrogens is 412 g/mol. The van der Waals surface area contributed by atoms with Crippen molar-refractivity contribution in [1.82, 2.24) is 14.5 Å². The molecule has 1 heterocycles. The predicted octanol–water partition coefficient (Wildman–Crippen LogP) is 2.29. The van der Waals surface area contributed by atoms with E-state index in [4.69, 9.17) is 0 Å². The van der Waals surface area contributed by atoms with E-state index in [1.165, 1.54) is 11.1 Å². The molecule has 162 valence electrons. The molecular formula is C21H25F2N3O3S. The molecule has 3 rings (SSSR count). The molecule has 6 nitrogen and oxygen atoms in total. The van der Waals surface area contributed by atoms with E-state index in [1.807, 2.05) is 6.07 Å². The van der Waals surface area contributed by atoms with Gasteiger partial charge >= 0.3 is 0 Å². The minimum atomic E-state index is -4.01. The number of rotatable bonds is 7. The second-order valence-corrected chi connectivity index (χ2v) is 9.14. The van der Waals surface area contributed by atoms with Crippen LogP contribution in [0.4, 0.5) is 8.78 Å². The molecule has 1 aliphatic rings. The van der Waals surface area contributed by atoms with Crippen molar-refractivity contribution in [1.29, 1.82) is 0 Å². The van der Waals surface area contributed by atoms with Gasteiger partial charge in [0.05, 0.1) is 4.90 Å². The highest BCUT2D eigenvalue weighted by molar-refractivity contribution is 7.89. The highest BCUT2D eigenvalue weighted by Crippen LogP contribution is 2.14. The van der Waals surface area contributed by atoms with Crippen LogP contribution in [0.1, 0.15) is 17.5 Å². The van der Waals surface area contributed by atoms with Crippen molar-refractivity contribution < 1.29 is 22.0 Å². The number of amides is 1. The number of carbonyl (C=O) groups is 1. The SMILES string of the molecule is Cc1cccc(CN2CCN(C(=O)CCNS(=O)(=O)c3ccc(F)c(F)c3)CC2)c1. The quantitative estimate of drug-likeness (QED) is 0.722. The Kier molecular flexibility index (Phi) is 7.17. The zero-order valence-corrected chi connectivity index (χ0v) is 17.6. The number of nitrogens with zero attached hydrogens (tertiary/aromatic N) is 2. The smallest absolute Gasteiger partial charge is 0.240 e. The maximum absolute atomic E-state index is 13.3. The summed E-state index contributed by atoms with van der Waals surface area (Å²) in [5, 5.41) is 0. The fourth-order valence-electron chi connectivity index (χ4n) is 3.40. The van der Waals surface area contributed by atoms with Crippen LogP contribution in [0.5, 0.6) is 0 Å². The lowest BCUT2D eigenvalue weighted by Gasteiger charge is -2.35. The van der Waals surface area contributed by atoms with E-state index in [9.17, 15) is 22.0 Å². The maximum atomic E-state index is 13.3. The molecule has 1 N–H and O–H groups in total. The first kappa shape index (κ1) is 22.3. The van der Waals surface area contributed by atoms with E-state index in [2.05, 4.69) is 34.7 Å². The molecule has 1 amide bonds. The second-order valence-electron chi connectivity index (χ2n) is 7.37. The molecule has 0 atom stereocenters. The molecule has 0 aliphatic carbocycles. The average molecular weight is 438 g/mol. The van der Waals surface area contributed by atoms with Crippen molar-refractivity contribution in [2.24, 2.45) is 0 Å². The van der Waals surface area contributed by atoms with Gasteiger partial charge in [-0.2, -0.15) is 0 Å². The number of hydrogen-bond donors (Lipinski definition) is 1. The lowest BCUT2D eigenvalue weighted by molar-refractivity contribution is -0.132. The van der Waals surface area contributed by atoms with Gasteiger partial charge in [0.25, 0.3) is 0 Å². The monoisotopic (exact) mass is 437 g/mol. The highest BCUT2D eigenvalue weighted by Gasteiger charge is 2.22. The molecule has 0 bridgehead atoms. The number of hydrogen-bond acceptors (Lipinski definition) is 4. The van der Waals surface area contributed by atoms with Crippen molar-refractivity contribution in [2.45, 2.75) is 24.8 Å². The van der Waals surface area contributed by atoms with Gasteiger partial charge in [-0.25, -0.2) is 21.9 Å². The first-order valence-corrected chi connectivity index (χ1v) is 11.2. The number of piperazine rings is 1. The zero-order chi connectivity index (χ0) is 21.7. The van der Waals surface area contributed by atoms with Crippen LogP contribution in [-0.2, 0) is 21.4 Å². The third-order valence-electron chi connectivity index (χ3n) is 5.05. The number of carbonyl (C=O) groups excluding carboxylic acids is 1. The number of benzene rings is 2. The summed E-state index contributed by atoms with van der Waals surface area (Å²) < 4.78 is 52.8. The van der Waals surface area contributed by atoms with Gasteiger partial charge in [0, 0.05) is 45.7 Å². The van der Waals surface area contributed by atoms with Crippen LogP contribution in [-0.4, -0.2) is 56.8 Å². The van der Waals surface area contributed by atoms with E-state index in [1.54, 1.807) is 4.90 Å². The second kappa shape index (κ2) is 9.63. The van der Waals surface area contributed by atoms with Crippen molar-refractivity contribution in [2.75, 3.05) is 32.7 Å². The molecule has 2 aromatic carbocycles. The average Bonchev–Trinajstić information content (AvgIpc) is 2.70. The summed E-state index contributed by atoms with van der Waals surface area (Å²) >= 11 is 0. The van der Waals surface area contributed by atoms with Gasteiger partial charge in [0.1, 0.15) is 0 Å². The minimum absolute atomic E-state index is 0.000781. The van der Waals surface area contributed by atoms with Gasteiger partial charge in [-0.05, 0) is 30.7 Å². The normalized spacial score (nSPS) is 15.4. The van der Waals surface area contributed by atoms with E-state index in [-0.39, 0.29) is 23.8 Å². The highest BCUT2D eigenvalue weighted by atomic mass is 32.2. The Hall–Kier alpha value is -2.36. The van der Waals surface area contributed by atoms with E-state index >= 15 is 0 Å². The summed E-state index contributed by atoms with van der Waals surface area (Å²) in [6.07, 6.45) is 0.000781. The van der Waals surface area contributed by atoms with Crippen molar-refractivity contribution in [3.05, 3.63) is 65.2 Å². The van der Waals surface area contributed by atoms with Gasteiger partial charge < -0.3 is 4.90 Å². The summed E-state index contributed by atoms with van der Waals surface area (Å²) in [6.45, 7) is 5.45. The molecule has 30 heavy (non-hydrogen) atoms. The zero-order valence-electron chi connectivity index (χ0n) is 16.8. The Morgan fingerprint density at radius 3 is 2.43 bits per heavy atom. The number of sulfonamides is 1. The molecule has 0 spiro atoms. The minimum Gasteiger partial charge on any atom is -0.340 e. The third kappa shape index (κ3) is 5.84. The van der Waals surface area contributed by atoms with Gasteiger partial charge in [-0.1, -0.05) is 29.8 Å². The topological polar surface area (TPSA) is 69.7 Å². The van der Waals surface area contributed by atoms with Crippen LogP contribution in [0.2, 0.25) is 0 Å². The molecule has 1 saturated heterocycles. The first-order chi connectivity index (χ1) is 14.2. The maximum Gasteiger partial charge on any atom is 0.240 e. The Morgan fingerprint density at radius 1 is 1.03 bits per heavy atom. The Morgan fingerprint density at radius 2 is 1.77 bits per heavy atom. The van der Waals surface area contributed by atoms with Crippen molar-refractivity contribution in [3.8, 4) is 0 Å². The molecule has 1 fully saturated rings. The standard InChI is InChI=1S/C21H25F2N3O3S/c1-16-3-2-4-17(13-16)15-25-9-11-26(12-10-25)21(27)7-8-24-30(28,29)18-5-6-19(22)20(23)14-18/h2-6,13-14,24H,7-12,15H2,1H3. The number of halogens is 2. The Labute approximate surface area is 175 Å². The van der Waals surface area contributed by atoms with E-state index < -0.39 is 21.7 Å². The molecule has 9 heteroatoms. The van der Waals surface area contributed by atoms with Crippen molar-refractivity contribution >= 4 is 15.9 Å². The molecule has 0 saturated carbocycles. The molecule has 0 radical (unpaired) electrons. The molecule has 0 aromatic heterocycles. The fourth-order valence-corrected chi connectivity index (χ4v) is 4.45. The van der Waals surface area contributed by atoms with Crippen LogP contribution in [0.3, 0.4) is 0 Å². The van der Waals surface area contributed by atoms with E-state index in [0.29, 0.717) is 19.2 Å². The summed E-state index contributed by atoms with van der Waals surface area (Å²) in [7, 11) is -4.01.